The first-order valence-electron chi connectivity index (χ1n) is 11.9. The van der Waals surface area contributed by atoms with E-state index in [1.54, 1.807) is 0 Å². The second-order valence-corrected chi connectivity index (χ2v) is 8.44. The Bertz CT molecular complexity index is 792. The molecule has 8 heteroatoms. The minimum absolute atomic E-state index is 0.122. The van der Waals surface area contributed by atoms with E-state index in [9.17, 15) is 14.4 Å². The number of esters is 1. The molecule has 0 radical (unpaired) electrons. The molecule has 8 nitrogen and oxygen atoms in total. The molecule has 3 rings (SSSR count). The molecule has 0 spiro atoms. The van der Waals surface area contributed by atoms with Gasteiger partial charge >= 0.3 is 5.97 Å². The summed E-state index contributed by atoms with van der Waals surface area (Å²) < 4.78 is 11.0. The van der Waals surface area contributed by atoms with E-state index in [0.29, 0.717) is 19.4 Å². The zero-order chi connectivity index (χ0) is 23.3. The first-order chi connectivity index (χ1) is 16.1. The number of rotatable bonds is 7. The molecule has 2 amide bonds. The van der Waals surface area contributed by atoms with Crippen LogP contribution in [-0.2, 0) is 23.9 Å². The van der Waals surface area contributed by atoms with E-state index in [1.165, 1.54) is 0 Å². The zero-order valence-electron chi connectivity index (χ0n) is 19.2. The number of carbonyl (C=O) groups is 3. The van der Waals surface area contributed by atoms with E-state index in [-0.39, 0.29) is 37.2 Å². The van der Waals surface area contributed by atoms with Crippen LogP contribution in [0.3, 0.4) is 0 Å². The summed E-state index contributed by atoms with van der Waals surface area (Å²) >= 11 is 0. The molecule has 0 bridgehead atoms. The monoisotopic (exact) mass is 457 g/mol. The third-order valence-corrected chi connectivity index (χ3v) is 5.89. The molecule has 0 aromatic heterocycles. The van der Waals surface area contributed by atoms with Crippen LogP contribution >= 0.6 is 0 Å². The summed E-state index contributed by atoms with van der Waals surface area (Å²) in [6, 6.07) is 9.38. The van der Waals surface area contributed by atoms with Crippen LogP contribution in [0.5, 0.6) is 0 Å². The van der Waals surface area contributed by atoms with Crippen molar-refractivity contribution >= 4 is 17.8 Å². The van der Waals surface area contributed by atoms with Crippen molar-refractivity contribution in [3.05, 3.63) is 48.0 Å². The molecule has 1 aromatic carbocycles. The van der Waals surface area contributed by atoms with Crippen molar-refractivity contribution < 1.29 is 23.9 Å². The van der Waals surface area contributed by atoms with Gasteiger partial charge in [0.05, 0.1) is 25.7 Å². The summed E-state index contributed by atoms with van der Waals surface area (Å²) in [5.74, 6) is -1.09. The van der Waals surface area contributed by atoms with Crippen LogP contribution in [0.15, 0.2) is 42.5 Å². The number of hydrogen-bond donors (Lipinski definition) is 2. The molecule has 2 N–H and O–H groups in total. The predicted molar refractivity (Wildman–Crippen MR) is 124 cm³/mol. The molecule has 2 aliphatic heterocycles. The molecular weight excluding hydrogens is 422 g/mol. The molecule has 1 aromatic rings. The number of cyclic esters (lactones) is 1. The van der Waals surface area contributed by atoms with E-state index < -0.39 is 12.0 Å². The Hall–Kier alpha value is -2.71. The minimum atomic E-state index is -0.555. The van der Waals surface area contributed by atoms with Gasteiger partial charge in [-0.1, -0.05) is 42.5 Å². The number of nitrogens with one attached hydrogen (secondary N) is 2. The fraction of sp³-hybridized carbons (Fsp3) is 0.560. The molecule has 2 unspecified atom stereocenters. The molecule has 2 atom stereocenters. The van der Waals surface area contributed by atoms with Gasteiger partial charge in [-0.15, -0.1) is 0 Å². The van der Waals surface area contributed by atoms with E-state index in [4.69, 9.17) is 9.47 Å². The number of allylic oxidation sites excluding steroid dienone is 2. The second kappa shape index (κ2) is 13.7. The topological polar surface area (TPSA) is 97.0 Å². The lowest BCUT2D eigenvalue weighted by Crippen LogP contribution is -2.39. The Kier molecular flexibility index (Phi) is 10.4. The quantitative estimate of drug-likeness (QED) is 0.369. The lowest BCUT2D eigenvalue weighted by Gasteiger charge is -2.26. The molecule has 1 saturated heterocycles. The third-order valence-electron chi connectivity index (χ3n) is 5.89. The smallest absolute Gasteiger partial charge is 0.306 e. The van der Waals surface area contributed by atoms with Crippen molar-refractivity contribution in [2.45, 2.75) is 38.2 Å². The second-order valence-electron chi connectivity index (χ2n) is 8.44. The van der Waals surface area contributed by atoms with Crippen LogP contribution < -0.4 is 10.6 Å². The molecule has 33 heavy (non-hydrogen) atoms. The Morgan fingerprint density at radius 2 is 1.91 bits per heavy atom. The van der Waals surface area contributed by atoms with Gasteiger partial charge in [0, 0.05) is 32.5 Å². The van der Waals surface area contributed by atoms with Gasteiger partial charge < -0.3 is 20.1 Å². The van der Waals surface area contributed by atoms with Crippen LogP contribution in [-0.4, -0.2) is 68.6 Å². The summed E-state index contributed by atoms with van der Waals surface area (Å²) in [6.07, 6.45) is 5.47. The van der Waals surface area contributed by atoms with Gasteiger partial charge in [-0.3, -0.25) is 19.3 Å². The van der Waals surface area contributed by atoms with Crippen LogP contribution in [0.2, 0.25) is 0 Å². The van der Waals surface area contributed by atoms with E-state index >= 15 is 0 Å². The molecule has 0 aliphatic carbocycles. The van der Waals surface area contributed by atoms with Gasteiger partial charge in [-0.05, 0) is 31.4 Å². The molecule has 2 heterocycles. The standard InChI is InChI=1S/C25H35N3O5/c29-23(26-12-7-13-28-14-16-32-17-15-28)18-21-10-5-2-6-11-24(30)33-22(19-27-25(21)31)20-8-3-1-4-9-20/h1-5,8-9,21-22H,6-7,10-19H2,(H,26,29)(H,27,31)/b5-2+. The Morgan fingerprint density at radius 1 is 1.12 bits per heavy atom. The van der Waals surface area contributed by atoms with Gasteiger partial charge in [0.25, 0.3) is 0 Å². The lowest BCUT2D eigenvalue weighted by molar-refractivity contribution is -0.150. The van der Waals surface area contributed by atoms with Gasteiger partial charge in [-0.25, -0.2) is 0 Å². The Labute approximate surface area is 195 Å². The highest BCUT2D eigenvalue weighted by Crippen LogP contribution is 2.19. The Morgan fingerprint density at radius 3 is 2.70 bits per heavy atom. The summed E-state index contributed by atoms with van der Waals surface area (Å²) in [5, 5.41) is 5.83. The molecule has 2 aliphatic rings. The fourth-order valence-electron chi connectivity index (χ4n) is 3.96. The highest BCUT2D eigenvalue weighted by molar-refractivity contribution is 5.86. The molecular formula is C25H35N3O5. The number of benzene rings is 1. The minimum Gasteiger partial charge on any atom is -0.456 e. The SMILES string of the molecule is O=C(CC1C/C=C/CCC(=O)OC(c2ccccc2)CNC1=O)NCCCN1CCOCC1. The molecule has 180 valence electrons. The average molecular weight is 458 g/mol. The number of amides is 2. The van der Waals surface area contributed by atoms with Gasteiger partial charge in [0.2, 0.25) is 11.8 Å². The van der Waals surface area contributed by atoms with Crippen LogP contribution in [0.25, 0.3) is 0 Å². The van der Waals surface area contributed by atoms with Crippen molar-refractivity contribution in [1.29, 1.82) is 0 Å². The maximum atomic E-state index is 12.9. The first kappa shape index (κ1) is 24.9. The van der Waals surface area contributed by atoms with Crippen molar-refractivity contribution in [3.8, 4) is 0 Å². The maximum absolute atomic E-state index is 12.9. The predicted octanol–water partition coefficient (Wildman–Crippen LogP) is 1.97. The number of ether oxygens (including phenoxy) is 2. The van der Waals surface area contributed by atoms with Gasteiger partial charge in [0.1, 0.15) is 6.10 Å². The fourth-order valence-corrected chi connectivity index (χ4v) is 3.96. The van der Waals surface area contributed by atoms with Gasteiger partial charge in [0.15, 0.2) is 0 Å². The number of nitrogens with zero attached hydrogens (tertiary/aromatic N) is 1. The Balaban J connectivity index is 1.51. The number of hydrogen-bond acceptors (Lipinski definition) is 6. The van der Waals surface area contributed by atoms with Crippen molar-refractivity contribution in [1.82, 2.24) is 15.5 Å². The molecule has 0 saturated carbocycles. The first-order valence-corrected chi connectivity index (χ1v) is 11.9. The molecule has 1 fully saturated rings. The van der Waals surface area contributed by atoms with Crippen LogP contribution in [0, 0.1) is 5.92 Å². The lowest BCUT2D eigenvalue weighted by atomic mass is 9.98. The van der Waals surface area contributed by atoms with Crippen molar-refractivity contribution in [3.63, 3.8) is 0 Å². The number of carbonyl (C=O) groups excluding carboxylic acids is 3. The third kappa shape index (κ3) is 8.98. The normalized spacial score (nSPS) is 24.0. The van der Waals surface area contributed by atoms with Crippen LogP contribution in [0.1, 0.15) is 43.8 Å². The largest absolute Gasteiger partial charge is 0.456 e. The van der Waals surface area contributed by atoms with E-state index in [0.717, 1.165) is 44.8 Å². The van der Waals surface area contributed by atoms with Gasteiger partial charge in [-0.2, -0.15) is 0 Å². The highest BCUT2D eigenvalue weighted by atomic mass is 16.5. The highest BCUT2D eigenvalue weighted by Gasteiger charge is 2.24. The number of morpholine rings is 1. The summed E-state index contributed by atoms with van der Waals surface area (Å²) in [7, 11) is 0. The van der Waals surface area contributed by atoms with E-state index in [2.05, 4.69) is 15.5 Å². The maximum Gasteiger partial charge on any atom is 0.306 e. The van der Waals surface area contributed by atoms with E-state index in [1.807, 2.05) is 42.5 Å². The van der Waals surface area contributed by atoms with Crippen LogP contribution in [0.4, 0.5) is 0 Å². The summed E-state index contributed by atoms with van der Waals surface area (Å²) in [6.45, 7) is 5.09. The zero-order valence-corrected chi connectivity index (χ0v) is 19.2. The summed E-state index contributed by atoms with van der Waals surface area (Å²) in [5.41, 5.74) is 0.827. The summed E-state index contributed by atoms with van der Waals surface area (Å²) in [4.78, 5) is 39.9. The average Bonchev–Trinajstić information content (AvgIpc) is 2.83. The van der Waals surface area contributed by atoms with Crippen molar-refractivity contribution in [2.75, 3.05) is 45.9 Å². The van der Waals surface area contributed by atoms with Crippen molar-refractivity contribution in [2.24, 2.45) is 5.92 Å².